The van der Waals surface area contributed by atoms with E-state index in [1.807, 2.05) is 6.92 Å². The molecule has 0 spiro atoms. The highest BCUT2D eigenvalue weighted by molar-refractivity contribution is 5.99. The van der Waals surface area contributed by atoms with Crippen LogP contribution in [-0.4, -0.2) is 66.1 Å². The Balaban J connectivity index is 1.42. The lowest BCUT2D eigenvalue weighted by molar-refractivity contribution is -0.121. The molecule has 2 fully saturated rings. The first-order valence-corrected chi connectivity index (χ1v) is 10.2. The molecule has 2 saturated heterocycles. The molecule has 0 N–H and O–H groups in total. The SMILES string of the molecule is CCOc1ccnc(N2CCCN(C3CCN(c4ccccc4F)C3=O)CC2)n1. The van der Waals surface area contributed by atoms with E-state index in [4.69, 9.17) is 4.74 Å². The Morgan fingerprint density at radius 1 is 1.14 bits per heavy atom. The molecule has 0 bridgehead atoms. The Hall–Kier alpha value is -2.74. The molecule has 2 aliphatic rings. The van der Waals surface area contributed by atoms with Gasteiger partial charge in [0, 0.05) is 45.0 Å². The maximum Gasteiger partial charge on any atom is 0.244 e. The van der Waals surface area contributed by atoms with Crippen molar-refractivity contribution in [1.29, 1.82) is 0 Å². The highest BCUT2D eigenvalue weighted by Crippen LogP contribution is 2.27. The van der Waals surface area contributed by atoms with Gasteiger partial charge in [-0.1, -0.05) is 12.1 Å². The van der Waals surface area contributed by atoms with E-state index >= 15 is 0 Å². The van der Waals surface area contributed by atoms with Crippen LogP contribution in [0.2, 0.25) is 0 Å². The summed E-state index contributed by atoms with van der Waals surface area (Å²) in [4.78, 5) is 27.8. The zero-order valence-corrected chi connectivity index (χ0v) is 16.6. The Morgan fingerprint density at radius 3 is 2.83 bits per heavy atom. The summed E-state index contributed by atoms with van der Waals surface area (Å²) in [5.74, 6) is 0.863. The number of aromatic nitrogens is 2. The second kappa shape index (κ2) is 8.73. The highest BCUT2D eigenvalue weighted by atomic mass is 19.1. The van der Waals surface area contributed by atoms with Crippen LogP contribution in [0, 0.1) is 5.82 Å². The molecular formula is C21H26FN5O2. The number of carbonyl (C=O) groups excluding carboxylic acids is 1. The van der Waals surface area contributed by atoms with E-state index < -0.39 is 0 Å². The smallest absolute Gasteiger partial charge is 0.244 e. The Kier molecular flexibility index (Phi) is 5.89. The number of benzene rings is 1. The number of carbonyl (C=O) groups is 1. The zero-order chi connectivity index (χ0) is 20.2. The lowest BCUT2D eigenvalue weighted by Gasteiger charge is -2.26. The molecule has 1 aromatic heterocycles. The van der Waals surface area contributed by atoms with Crippen molar-refractivity contribution in [2.75, 3.05) is 49.1 Å². The first-order valence-electron chi connectivity index (χ1n) is 10.2. The fourth-order valence-corrected chi connectivity index (χ4v) is 4.08. The average Bonchev–Trinajstić information content (AvgIpc) is 2.95. The van der Waals surface area contributed by atoms with E-state index in [0.29, 0.717) is 37.1 Å². The average molecular weight is 399 g/mol. The summed E-state index contributed by atoms with van der Waals surface area (Å²) in [5, 5.41) is 0. The Morgan fingerprint density at radius 2 is 2.00 bits per heavy atom. The fourth-order valence-electron chi connectivity index (χ4n) is 4.08. The molecule has 1 aromatic carbocycles. The van der Waals surface area contributed by atoms with Crippen molar-refractivity contribution in [1.82, 2.24) is 14.9 Å². The van der Waals surface area contributed by atoms with Crippen LogP contribution in [0.25, 0.3) is 0 Å². The number of hydrogen-bond acceptors (Lipinski definition) is 6. The third-order valence-electron chi connectivity index (χ3n) is 5.48. The lowest BCUT2D eigenvalue weighted by atomic mass is 10.2. The quantitative estimate of drug-likeness (QED) is 0.769. The van der Waals surface area contributed by atoms with Crippen LogP contribution in [0.1, 0.15) is 19.8 Å². The predicted octanol–water partition coefficient (Wildman–Crippen LogP) is 2.33. The molecule has 4 rings (SSSR count). The maximum atomic E-state index is 14.1. The third kappa shape index (κ3) is 4.17. The Bertz CT molecular complexity index is 864. The van der Waals surface area contributed by atoms with Crippen LogP contribution in [0.15, 0.2) is 36.5 Å². The number of amides is 1. The van der Waals surface area contributed by atoms with Crippen molar-refractivity contribution >= 4 is 17.5 Å². The molecule has 0 saturated carbocycles. The second-order valence-corrected chi connectivity index (χ2v) is 7.25. The van der Waals surface area contributed by atoms with Gasteiger partial charge < -0.3 is 14.5 Å². The molecule has 1 atom stereocenters. The Labute approximate surface area is 170 Å². The minimum atomic E-state index is -0.352. The van der Waals surface area contributed by atoms with E-state index in [1.165, 1.54) is 6.07 Å². The van der Waals surface area contributed by atoms with Crippen LogP contribution >= 0.6 is 0 Å². The number of ether oxygens (including phenoxy) is 1. The third-order valence-corrected chi connectivity index (χ3v) is 5.48. The van der Waals surface area contributed by atoms with Gasteiger partial charge in [-0.3, -0.25) is 9.69 Å². The largest absolute Gasteiger partial charge is 0.478 e. The van der Waals surface area contributed by atoms with Gasteiger partial charge in [-0.05, 0) is 31.9 Å². The number of nitrogens with zero attached hydrogens (tertiary/aromatic N) is 5. The van der Waals surface area contributed by atoms with E-state index in [2.05, 4.69) is 19.8 Å². The molecule has 3 heterocycles. The van der Waals surface area contributed by atoms with Gasteiger partial charge in [0.05, 0.1) is 18.3 Å². The standard InChI is InChI=1S/C21H26FN5O2/c1-2-29-19-8-10-23-21(24-19)26-12-5-11-25(14-15-26)18-9-13-27(20(18)28)17-7-4-3-6-16(17)22/h3-4,6-8,10,18H,2,5,9,11-15H2,1H3. The molecule has 0 aliphatic carbocycles. The van der Waals surface area contributed by atoms with Crippen LogP contribution in [-0.2, 0) is 4.79 Å². The van der Waals surface area contributed by atoms with Crippen molar-refractivity contribution in [2.24, 2.45) is 0 Å². The summed E-state index contributed by atoms with van der Waals surface area (Å²) < 4.78 is 19.6. The minimum absolute atomic E-state index is 0.0156. The number of halogens is 1. The van der Waals surface area contributed by atoms with E-state index in [1.54, 1.807) is 35.4 Å². The summed E-state index contributed by atoms with van der Waals surface area (Å²) in [6.07, 6.45) is 3.33. The van der Waals surface area contributed by atoms with E-state index in [-0.39, 0.29) is 17.8 Å². The van der Waals surface area contributed by atoms with Gasteiger partial charge in [0.25, 0.3) is 0 Å². The molecule has 1 unspecified atom stereocenters. The first kappa shape index (κ1) is 19.6. The molecule has 29 heavy (non-hydrogen) atoms. The molecule has 8 heteroatoms. The van der Waals surface area contributed by atoms with E-state index in [0.717, 1.165) is 32.6 Å². The lowest BCUT2D eigenvalue weighted by Crippen LogP contribution is -2.44. The summed E-state index contributed by atoms with van der Waals surface area (Å²) in [5.41, 5.74) is 0.373. The van der Waals surface area contributed by atoms with Crippen molar-refractivity contribution < 1.29 is 13.9 Å². The second-order valence-electron chi connectivity index (χ2n) is 7.25. The normalized spacial score (nSPS) is 20.8. The monoisotopic (exact) mass is 399 g/mol. The van der Waals surface area contributed by atoms with Crippen molar-refractivity contribution in [2.45, 2.75) is 25.8 Å². The number of para-hydroxylation sites is 1. The molecule has 7 nitrogen and oxygen atoms in total. The molecule has 1 amide bonds. The topological polar surface area (TPSA) is 61.8 Å². The first-order chi connectivity index (χ1) is 14.2. The van der Waals surface area contributed by atoms with Crippen LogP contribution in [0.4, 0.5) is 16.0 Å². The van der Waals surface area contributed by atoms with E-state index in [9.17, 15) is 9.18 Å². The molecule has 2 aromatic rings. The van der Waals surface area contributed by atoms with Gasteiger partial charge >= 0.3 is 0 Å². The molecule has 154 valence electrons. The molecule has 2 aliphatic heterocycles. The fraction of sp³-hybridized carbons (Fsp3) is 0.476. The van der Waals surface area contributed by atoms with Crippen LogP contribution in [0.5, 0.6) is 5.88 Å². The van der Waals surface area contributed by atoms with Crippen molar-refractivity contribution in [3.63, 3.8) is 0 Å². The molecular weight excluding hydrogens is 373 g/mol. The summed E-state index contributed by atoms with van der Waals surface area (Å²) in [7, 11) is 0. The summed E-state index contributed by atoms with van der Waals surface area (Å²) in [6, 6.07) is 8.02. The van der Waals surface area contributed by atoms with Gasteiger partial charge in [0.1, 0.15) is 5.82 Å². The number of hydrogen-bond donors (Lipinski definition) is 0. The number of rotatable bonds is 5. The number of anilines is 2. The van der Waals surface area contributed by atoms with Gasteiger partial charge in [-0.15, -0.1) is 0 Å². The summed E-state index contributed by atoms with van der Waals surface area (Å²) >= 11 is 0. The highest BCUT2D eigenvalue weighted by Gasteiger charge is 2.38. The van der Waals surface area contributed by atoms with Gasteiger partial charge in [-0.25, -0.2) is 9.37 Å². The van der Waals surface area contributed by atoms with Crippen molar-refractivity contribution in [3.05, 3.63) is 42.3 Å². The van der Waals surface area contributed by atoms with Crippen LogP contribution < -0.4 is 14.5 Å². The van der Waals surface area contributed by atoms with Crippen molar-refractivity contribution in [3.8, 4) is 5.88 Å². The zero-order valence-electron chi connectivity index (χ0n) is 16.6. The predicted molar refractivity (Wildman–Crippen MR) is 109 cm³/mol. The molecule has 0 radical (unpaired) electrons. The summed E-state index contributed by atoms with van der Waals surface area (Å²) in [6.45, 7) is 6.15. The van der Waals surface area contributed by atoms with Gasteiger partial charge in [0.2, 0.25) is 17.7 Å². The van der Waals surface area contributed by atoms with Gasteiger partial charge in [0.15, 0.2) is 0 Å². The van der Waals surface area contributed by atoms with Gasteiger partial charge in [-0.2, -0.15) is 4.98 Å². The van der Waals surface area contributed by atoms with Crippen LogP contribution in [0.3, 0.4) is 0 Å². The minimum Gasteiger partial charge on any atom is -0.478 e. The maximum absolute atomic E-state index is 14.1.